The van der Waals surface area contributed by atoms with Crippen molar-refractivity contribution >= 4 is 0 Å². The highest BCUT2D eigenvalue weighted by Crippen LogP contribution is 2.31. The molecule has 2 atom stereocenters. The van der Waals surface area contributed by atoms with E-state index >= 15 is 0 Å². The predicted molar refractivity (Wildman–Crippen MR) is 56.8 cm³/mol. The minimum absolute atomic E-state index is 0.859. The molecule has 1 saturated carbocycles. The van der Waals surface area contributed by atoms with E-state index in [4.69, 9.17) is 0 Å². The molecule has 1 N–H and O–H groups in total. The van der Waals surface area contributed by atoms with Crippen molar-refractivity contribution in [2.24, 2.45) is 11.8 Å². The van der Waals surface area contributed by atoms with Crippen LogP contribution in [0.5, 0.6) is 0 Å². The maximum absolute atomic E-state index is 3.70. The molecular formula is C12H23N. The highest BCUT2D eigenvalue weighted by molar-refractivity contribution is 4.87. The van der Waals surface area contributed by atoms with Gasteiger partial charge in [-0.2, -0.15) is 0 Å². The van der Waals surface area contributed by atoms with E-state index in [1.54, 1.807) is 0 Å². The molecule has 76 valence electrons. The fraction of sp³-hybridized carbons (Fsp3) is 1.00. The van der Waals surface area contributed by atoms with Gasteiger partial charge in [-0.05, 0) is 37.6 Å². The van der Waals surface area contributed by atoms with E-state index < -0.39 is 0 Å². The fourth-order valence-corrected chi connectivity index (χ4v) is 3.16. The van der Waals surface area contributed by atoms with Crippen molar-refractivity contribution in [1.29, 1.82) is 0 Å². The Morgan fingerprint density at radius 2 is 1.62 bits per heavy atom. The first-order chi connectivity index (χ1) is 6.38. The lowest BCUT2D eigenvalue weighted by Crippen LogP contribution is -2.34. The van der Waals surface area contributed by atoms with Crippen molar-refractivity contribution in [3.63, 3.8) is 0 Å². The lowest BCUT2D eigenvalue weighted by molar-refractivity contribution is 0.300. The quantitative estimate of drug-likeness (QED) is 0.613. The Morgan fingerprint density at radius 1 is 0.923 bits per heavy atom. The highest BCUT2D eigenvalue weighted by Gasteiger charge is 2.30. The normalized spacial score (nSPS) is 37.6. The molecular weight excluding hydrogens is 158 g/mol. The Kier molecular flexibility index (Phi) is 3.26. The molecule has 1 saturated heterocycles. The van der Waals surface area contributed by atoms with Crippen LogP contribution in [0.2, 0.25) is 0 Å². The van der Waals surface area contributed by atoms with Gasteiger partial charge in [-0.15, -0.1) is 0 Å². The van der Waals surface area contributed by atoms with Gasteiger partial charge in [-0.3, -0.25) is 0 Å². The van der Waals surface area contributed by atoms with E-state index in [-0.39, 0.29) is 0 Å². The molecule has 0 amide bonds. The molecule has 1 aliphatic carbocycles. The zero-order valence-electron chi connectivity index (χ0n) is 8.89. The molecule has 0 spiro atoms. The van der Waals surface area contributed by atoms with Crippen molar-refractivity contribution in [2.45, 2.75) is 57.9 Å². The van der Waals surface area contributed by atoms with E-state index in [0.717, 1.165) is 17.9 Å². The van der Waals surface area contributed by atoms with Gasteiger partial charge >= 0.3 is 0 Å². The third-order valence-electron chi connectivity index (χ3n) is 4.00. The van der Waals surface area contributed by atoms with Crippen LogP contribution >= 0.6 is 0 Å². The molecule has 2 aliphatic rings. The number of hydrogen-bond donors (Lipinski definition) is 1. The molecule has 1 nitrogen and oxygen atoms in total. The third kappa shape index (κ3) is 2.25. The predicted octanol–water partition coefficient (Wildman–Crippen LogP) is 2.95. The summed E-state index contributed by atoms with van der Waals surface area (Å²) in [6.45, 7) is 3.69. The lowest BCUT2D eigenvalue weighted by atomic mass is 9.85. The lowest BCUT2D eigenvalue weighted by Gasteiger charge is -2.25. The van der Waals surface area contributed by atoms with Crippen molar-refractivity contribution in [2.75, 3.05) is 6.54 Å². The Hall–Kier alpha value is -0.0400. The van der Waals surface area contributed by atoms with Gasteiger partial charge in [0.25, 0.3) is 0 Å². The summed E-state index contributed by atoms with van der Waals surface area (Å²) in [4.78, 5) is 0. The van der Waals surface area contributed by atoms with Gasteiger partial charge in [0.15, 0.2) is 0 Å². The fourth-order valence-electron chi connectivity index (χ4n) is 3.16. The second-order valence-corrected chi connectivity index (χ2v) is 5.00. The average Bonchev–Trinajstić information content (AvgIpc) is 2.43. The van der Waals surface area contributed by atoms with Crippen molar-refractivity contribution in [1.82, 2.24) is 5.32 Å². The Morgan fingerprint density at radius 3 is 2.15 bits per heavy atom. The summed E-state index contributed by atoms with van der Waals surface area (Å²) >= 11 is 0. The molecule has 1 aliphatic heterocycles. The SMILES string of the molecule is CC1CCNC1C1CCCCCC1. The molecule has 2 fully saturated rings. The van der Waals surface area contributed by atoms with E-state index in [9.17, 15) is 0 Å². The third-order valence-corrected chi connectivity index (χ3v) is 4.00. The summed E-state index contributed by atoms with van der Waals surface area (Å²) in [5.41, 5.74) is 0. The Bertz CT molecular complexity index is 147. The van der Waals surface area contributed by atoms with E-state index in [2.05, 4.69) is 12.2 Å². The first-order valence-electron chi connectivity index (χ1n) is 6.11. The molecule has 0 aromatic rings. The molecule has 0 bridgehead atoms. The summed E-state index contributed by atoms with van der Waals surface area (Å²) in [5, 5.41) is 3.70. The summed E-state index contributed by atoms with van der Waals surface area (Å²) < 4.78 is 0. The van der Waals surface area contributed by atoms with Crippen LogP contribution in [0.1, 0.15) is 51.9 Å². The van der Waals surface area contributed by atoms with Crippen LogP contribution in [0.25, 0.3) is 0 Å². The maximum atomic E-state index is 3.70. The smallest absolute Gasteiger partial charge is 0.0121 e. The first kappa shape index (κ1) is 9.51. The summed E-state index contributed by atoms with van der Waals surface area (Å²) in [6, 6.07) is 0.859. The number of nitrogens with one attached hydrogen (secondary N) is 1. The largest absolute Gasteiger partial charge is 0.313 e. The van der Waals surface area contributed by atoms with Crippen LogP contribution in [0, 0.1) is 11.8 Å². The molecule has 1 heteroatoms. The molecule has 0 aromatic heterocycles. The van der Waals surface area contributed by atoms with Gasteiger partial charge in [-0.1, -0.05) is 32.6 Å². The van der Waals surface area contributed by atoms with Crippen LogP contribution in [-0.2, 0) is 0 Å². The van der Waals surface area contributed by atoms with E-state index in [1.165, 1.54) is 51.5 Å². The standard InChI is InChI=1S/C12H23N/c1-10-8-9-13-12(10)11-6-4-2-3-5-7-11/h10-13H,2-9H2,1H3. The summed E-state index contributed by atoms with van der Waals surface area (Å²) in [7, 11) is 0. The molecule has 1 heterocycles. The summed E-state index contributed by atoms with van der Waals surface area (Å²) in [6.07, 6.45) is 10.3. The number of hydrogen-bond acceptors (Lipinski definition) is 1. The topological polar surface area (TPSA) is 12.0 Å². The average molecular weight is 181 g/mol. The molecule has 0 aromatic carbocycles. The molecule has 2 unspecified atom stereocenters. The molecule has 0 radical (unpaired) electrons. The van der Waals surface area contributed by atoms with Crippen molar-refractivity contribution < 1.29 is 0 Å². The molecule has 2 rings (SSSR count). The Labute approximate surface area is 82.3 Å². The van der Waals surface area contributed by atoms with Crippen LogP contribution in [-0.4, -0.2) is 12.6 Å². The molecule has 13 heavy (non-hydrogen) atoms. The minimum Gasteiger partial charge on any atom is -0.313 e. The zero-order valence-corrected chi connectivity index (χ0v) is 8.89. The van der Waals surface area contributed by atoms with Gasteiger partial charge in [0.2, 0.25) is 0 Å². The Balaban J connectivity index is 1.89. The van der Waals surface area contributed by atoms with Crippen LogP contribution in [0.15, 0.2) is 0 Å². The van der Waals surface area contributed by atoms with Gasteiger partial charge in [0, 0.05) is 6.04 Å². The van der Waals surface area contributed by atoms with Gasteiger partial charge < -0.3 is 5.32 Å². The zero-order chi connectivity index (χ0) is 9.10. The van der Waals surface area contributed by atoms with Gasteiger partial charge in [0.1, 0.15) is 0 Å². The first-order valence-corrected chi connectivity index (χ1v) is 6.11. The van der Waals surface area contributed by atoms with E-state index in [0.29, 0.717) is 0 Å². The van der Waals surface area contributed by atoms with Crippen LogP contribution in [0.3, 0.4) is 0 Å². The van der Waals surface area contributed by atoms with Gasteiger partial charge in [-0.25, -0.2) is 0 Å². The van der Waals surface area contributed by atoms with Crippen molar-refractivity contribution in [3.05, 3.63) is 0 Å². The van der Waals surface area contributed by atoms with Crippen LogP contribution < -0.4 is 5.32 Å². The van der Waals surface area contributed by atoms with Crippen LogP contribution in [0.4, 0.5) is 0 Å². The monoisotopic (exact) mass is 181 g/mol. The maximum Gasteiger partial charge on any atom is 0.0121 e. The second kappa shape index (κ2) is 4.45. The summed E-state index contributed by atoms with van der Waals surface area (Å²) in [5.74, 6) is 1.93. The van der Waals surface area contributed by atoms with Gasteiger partial charge in [0.05, 0.1) is 0 Å². The minimum atomic E-state index is 0.859. The second-order valence-electron chi connectivity index (χ2n) is 5.00. The van der Waals surface area contributed by atoms with E-state index in [1.807, 2.05) is 0 Å². The number of rotatable bonds is 1. The highest BCUT2D eigenvalue weighted by atomic mass is 15.0. The van der Waals surface area contributed by atoms with Crippen molar-refractivity contribution in [3.8, 4) is 0 Å².